The molecule has 39 heavy (non-hydrogen) atoms. The normalized spacial score (nSPS) is 11.6. The predicted molar refractivity (Wildman–Crippen MR) is 141 cm³/mol. The molecule has 13 heteroatoms. The maximum absolute atomic E-state index is 12.7. The predicted octanol–water partition coefficient (Wildman–Crippen LogP) is 4.21. The van der Waals surface area contributed by atoms with Gasteiger partial charge >= 0.3 is 5.69 Å². The third-order valence-electron chi connectivity index (χ3n) is 5.41. The van der Waals surface area contributed by atoms with Crippen LogP contribution in [0.1, 0.15) is 29.8 Å². The topological polar surface area (TPSA) is 175 Å². The van der Waals surface area contributed by atoms with Crippen LogP contribution in [0.2, 0.25) is 0 Å². The summed E-state index contributed by atoms with van der Waals surface area (Å²) in [5, 5.41) is 28.9. The highest BCUT2D eigenvalue weighted by Crippen LogP contribution is 2.34. The van der Waals surface area contributed by atoms with Crippen LogP contribution >= 0.6 is 0 Å². The number of nitro groups is 2. The standard InChI is InChI=1S/C26H25N5O8/c1-16(2)24(28-25(32)18-7-10-20(38-3)11-8-18)26(33)29-27-15-17-5-4-6-21(13-17)39-23-12-9-19(30(34)35)14-22(23)31(36)37/h4-16,24H,1-3H3,(H,28,32)(H,29,33). The van der Waals surface area contributed by atoms with Crippen LogP contribution in [-0.2, 0) is 4.79 Å². The summed E-state index contributed by atoms with van der Waals surface area (Å²) in [6, 6.07) is 14.9. The van der Waals surface area contributed by atoms with Gasteiger partial charge in [-0.15, -0.1) is 0 Å². The maximum Gasteiger partial charge on any atom is 0.318 e. The number of methoxy groups -OCH3 is 1. The maximum atomic E-state index is 12.7. The van der Waals surface area contributed by atoms with E-state index < -0.39 is 39.1 Å². The zero-order valence-corrected chi connectivity index (χ0v) is 21.2. The molecule has 3 aromatic rings. The van der Waals surface area contributed by atoms with Crippen molar-refractivity contribution in [3.63, 3.8) is 0 Å². The summed E-state index contributed by atoms with van der Waals surface area (Å²) in [7, 11) is 1.52. The molecule has 202 valence electrons. The molecule has 0 aliphatic carbocycles. The van der Waals surface area contributed by atoms with Crippen LogP contribution in [0.25, 0.3) is 0 Å². The van der Waals surface area contributed by atoms with Crippen LogP contribution in [0.4, 0.5) is 11.4 Å². The summed E-state index contributed by atoms with van der Waals surface area (Å²) in [5.74, 6) is -0.580. The molecule has 2 amide bonds. The average molecular weight is 536 g/mol. The Morgan fingerprint density at radius 2 is 1.67 bits per heavy atom. The smallest absolute Gasteiger partial charge is 0.318 e. The Morgan fingerprint density at radius 3 is 2.28 bits per heavy atom. The molecular weight excluding hydrogens is 510 g/mol. The zero-order valence-electron chi connectivity index (χ0n) is 21.2. The number of carbonyl (C=O) groups is 2. The first kappa shape index (κ1) is 28.2. The van der Waals surface area contributed by atoms with E-state index in [-0.39, 0.29) is 17.4 Å². The third-order valence-corrected chi connectivity index (χ3v) is 5.41. The van der Waals surface area contributed by atoms with Gasteiger partial charge in [0.25, 0.3) is 17.5 Å². The lowest BCUT2D eigenvalue weighted by molar-refractivity contribution is -0.394. The molecule has 0 saturated heterocycles. The fourth-order valence-corrected chi connectivity index (χ4v) is 3.38. The van der Waals surface area contributed by atoms with E-state index in [0.29, 0.717) is 16.9 Å². The number of non-ortho nitro benzene ring substituents is 1. The van der Waals surface area contributed by atoms with Crippen molar-refractivity contribution < 1.29 is 28.9 Å². The first-order chi connectivity index (χ1) is 18.6. The van der Waals surface area contributed by atoms with Crippen LogP contribution in [0, 0.1) is 26.1 Å². The van der Waals surface area contributed by atoms with Crippen molar-refractivity contribution in [2.45, 2.75) is 19.9 Å². The first-order valence-corrected chi connectivity index (χ1v) is 11.6. The summed E-state index contributed by atoms with van der Waals surface area (Å²) >= 11 is 0. The molecule has 0 fully saturated rings. The summed E-state index contributed by atoms with van der Waals surface area (Å²) in [4.78, 5) is 46.1. The van der Waals surface area contributed by atoms with E-state index in [1.165, 1.54) is 25.5 Å². The highest BCUT2D eigenvalue weighted by molar-refractivity contribution is 5.97. The quantitative estimate of drug-likeness (QED) is 0.208. The molecule has 0 bridgehead atoms. The van der Waals surface area contributed by atoms with Gasteiger partial charge < -0.3 is 14.8 Å². The van der Waals surface area contributed by atoms with Crippen molar-refractivity contribution in [1.29, 1.82) is 0 Å². The molecule has 3 rings (SSSR count). The number of hydrazone groups is 1. The lowest BCUT2D eigenvalue weighted by Crippen LogP contribution is -2.48. The number of benzene rings is 3. The fourth-order valence-electron chi connectivity index (χ4n) is 3.38. The van der Waals surface area contributed by atoms with Gasteiger partial charge in [0, 0.05) is 11.6 Å². The molecule has 0 heterocycles. The lowest BCUT2D eigenvalue weighted by atomic mass is 10.0. The Kier molecular flexibility index (Phi) is 9.24. The van der Waals surface area contributed by atoms with Crippen LogP contribution in [-0.4, -0.2) is 41.0 Å². The molecule has 1 atom stereocenters. The van der Waals surface area contributed by atoms with Crippen molar-refractivity contribution in [2.75, 3.05) is 7.11 Å². The average Bonchev–Trinajstić information content (AvgIpc) is 2.91. The Morgan fingerprint density at radius 1 is 0.949 bits per heavy atom. The Hall–Kier alpha value is -5.33. The molecule has 3 aromatic carbocycles. The van der Waals surface area contributed by atoms with Crippen molar-refractivity contribution in [3.05, 3.63) is 98.1 Å². The minimum atomic E-state index is -0.867. The van der Waals surface area contributed by atoms with Gasteiger partial charge in [0.05, 0.1) is 29.2 Å². The molecule has 2 N–H and O–H groups in total. The number of nitrogens with one attached hydrogen (secondary N) is 2. The molecular formula is C26H25N5O8. The molecule has 0 aliphatic rings. The fraction of sp³-hybridized carbons (Fsp3) is 0.192. The molecule has 1 unspecified atom stereocenters. The first-order valence-electron chi connectivity index (χ1n) is 11.6. The number of hydrogen-bond donors (Lipinski definition) is 2. The van der Waals surface area contributed by atoms with Gasteiger partial charge in [0.1, 0.15) is 17.5 Å². The van der Waals surface area contributed by atoms with E-state index in [1.54, 1.807) is 50.2 Å². The summed E-state index contributed by atoms with van der Waals surface area (Å²) in [6.07, 6.45) is 1.33. The zero-order chi connectivity index (χ0) is 28.5. The number of hydrogen-bond acceptors (Lipinski definition) is 9. The van der Waals surface area contributed by atoms with Gasteiger partial charge in [0.2, 0.25) is 5.75 Å². The van der Waals surface area contributed by atoms with E-state index in [4.69, 9.17) is 9.47 Å². The van der Waals surface area contributed by atoms with Crippen LogP contribution in [0.15, 0.2) is 71.8 Å². The van der Waals surface area contributed by atoms with Gasteiger partial charge in [-0.1, -0.05) is 26.0 Å². The minimum Gasteiger partial charge on any atom is -0.497 e. The van der Waals surface area contributed by atoms with E-state index in [2.05, 4.69) is 15.8 Å². The Labute approximate surface area is 222 Å². The molecule has 0 spiro atoms. The number of nitrogens with zero attached hydrogens (tertiary/aromatic N) is 3. The van der Waals surface area contributed by atoms with Crippen LogP contribution in [0.5, 0.6) is 17.2 Å². The van der Waals surface area contributed by atoms with Crippen molar-refractivity contribution in [3.8, 4) is 17.2 Å². The molecule has 0 aliphatic heterocycles. The highest BCUT2D eigenvalue weighted by Gasteiger charge is 2.25. The van der Waals surface area contributed by atoms with Gasteiger partial charge in [0.15, 0.2) is 0 Å². The van der Waals surface area contributed by atoms with E-state index >= 15 is 0 Å². The Balaban J connectivity index is 1.67. The Bertz CT molecular complexity index is 1410. The summed E-state index contributed by atoms with van der Waals surface area (Å²) in [5.41, 5.74) is 2.25. The second-order valence-corrected chi connectivity index (χ2v) is 8.50. The van der Waals surface area contributed by atoms with Crippen molar-refractivity contribution >= 4 is 29.4 Å². The van der Waals surface area contributed by atoms with E-state index in [0.717, 1.165) is 18.2 Å². The molecule has 13 nitrogen and oxygen atoms in total. The van der Waals surface area contributed by atoms with Crippen molar-refractivity contribution in [2.24, 2.45) is 11.0 Å². The van der Waals surface area contributed by atoms with Gasteiger partial charge in [-0.2, -0.15) is 5.10 Å². The number of ether oxygens (including phenoxy) is 2. The molecule has 0 radical (unpaired) electrons. The second-order valence-electron chi connectivity index (χ2n) is 8.50. The summed E-state index contributed by atoms with van der Waals surface area (Å²) < 4.78 is 10.7. The largest absolute Gasteiger partial charge is 0.497 e. The number of nitro benzene ring substituents is 2. The monoisotopic (exact) mass is 535 g/mol. The van der Waals surface area contributed by atoms with E-state index in [1.807, 2.05) is 0 Å². The van der Waals surface area contributed by atoms with Crippen LogP contribution < -0.4 is 20.2 Å². The van der Waals surface area contributed by atoms with Crippen LogP contribution in [0.3, 0.4) is 0 Å². The van der Waals surface area contributed by atoms with Crippen molar-refractivity contribution in [1.82, 2.24) is 10.7 Å². The lowest BCUT2D eigenvalue weighted by Gasteiger charge is -2.20. The summed E-state index contributed by atoms with van der Waals surface area (Å²) in [6.45, 7) is 3.56. The SMILES string of the molecule is COc1ccc(C(=O)NC(C(=O)NN=Cc2cccc(Oc3ccc([N+](=O)[O-])cc3[N+](=O)[O-])c2)C(C)C)cc1. The van der Waals surface area contributed by atoms with E-state index in [9.17, 15) is 29.8 Å². The number of amides is 2. The number of rotatable bonds is 11. The minimum absolute atomic E-state index is 0.180. The van der Waals surface area contributed by atoms with Gasteiger partial charge in [-0.05, 0) is 53.9 Å². The second kappa shape index (κ2) is 12.8. The molecule has 0 aromatic heterocycles. The van der Waals surface area contributed by atoms with Gasteiger partial charge in [-0.3, -0.25) is 29.8 Å². The third kappa shape index (κ3) is 7.58. The number of carbonyl (C=O) groups excluding carboxylic acids is 2. The highest BCUT2D eigenvalue weighted by atomic mass is 16.6. The van der Waals surface area contributed by atoms with Gasteiger partial charge in [-0.25, -0.2) is 5.43 Å². The molecule has 0 saturated carbocycles.